The first kappa shape index (κ1) is 23.3. The Labute approximate surface area is 205 Å². The van der Waals surface area contributed by atoms with Crippen LogP contribution >= 0.6 is 23.4 Å². The summed E-state index contributed by atoms with van der Waals surface area (Å²) in [5, 5.41) is 12.5. The van der Waals surface area contributed by atoms with Crippen molar-refractivity contribution in [2.45, 2.75) is 11.8 Å². The van der Waals surface area contributed by atoms with Gasteiger partial charge in [0.05, 0.1) is 5.75 Å². The van der Waals surface area contributed by atoms with Crippen molar-refractivity contribution in [3.05, 3.63) is 95.3 Å². The number of primary amides is 1. The fourth-order valence-electron chi connectivity index (χ4n) is 3.05. The highest BCUT2D eigenvalue weighted by Crippen LogP contribution is 2.24. The van der Waals surface area contributed by atoms with Crippen LogP contribution in [0.2, 0.25) is 5.02 Å². The molecule has 0 spiro atoms. The van der Waals surface area contributed by atoms with Crippen LogP contribution < -0.4 is 15.8 Å². The Hall–Kier alpha value is -3.82. The molecule has 0 atom stereocenters. The number of ether oxygens (including phenoxy) is 1. The molecule has 3 N–H and O–H groups in total. The van der Waals surface area contributed by atoms with E-state index in [-0.39, 0.29) is 18.3 Å². The number of hydrogen-bond donors (Lipinski definition) is 2. The first-order valence-corrected chi connectivity index (χ1v) is 11.6. The molecule has 8 nitrogen and oxygen atoms in total. The topological polar surface area (TPSA) is 112 Å². The lowest BCUT2D eigenvalue weighted by atomic mass is 10.2. The van der Waals surface area contributed by atoms with Crippen molar-refractivity contribution in [1.82, 2.24) is 14.8 Å². The second kappa shape index (κ2) is 10.9. The second-order valence-electron chi connectivity index (χ2n) is 7.09. The largest absolute Gasteiger partial charge is 0.486 e. The zero-order valence-corrected chi connectivity index (χ0v) is 19.4. The molecular weight excluding hydrogens is 474 g/mol. The number of benzene rings is 3. The third-order valence-electron chi connectivity index (χ3n) is 4.68. The zero-order chi connectivity index (χ0) is 23.9. The van der Waals surface area contributed by atoms with Crippen LogP contribution in [0.4, 0.5) is 5.69 Å². The molecular formula is C24H20ClN5O3S. The van der Waals surface area contributed by atoms with Gasteiger partial charge < -0.3 is 15.8 Å². The quantitative estimate of drug-likeness (QED) is 0.336. The lowest BCUT2D eigenvalue weighted by Gasteiger charge is -2.11. The van der Waals surface area contributed by atoms with Crippen LogP contribution in [0.15, 0.2) is 84.0 Å². The van der Waals surface area contributed by atoms with E-state index in [4.69, 9.17) is 22.1 Å². The summed E-state index contributed by atoms with van der Waals surface area (Å²) in [6, 6.07) is 23.0. The molecule has 1 aromatic heterocycles. The van der Waals surface area contributed by atoms with Crippen LogP contribution in [-0.2, 0) is 11.4 Å². The summed E-state index contributed by atoms with van der Waals surface area (Å²) < 4.78 is 7.68. The number of carbonyl (C=O) groups excluding carboxylic acids is 2. The van der Waals surface area contributed by atoms with Gasteiger partial charge in [-0.05, 0) is 60.7 Å². The fraction of sp³-hybridized carbons (Fsp3) is 0.0833. The van der Waals surface area contributed by atoms with Gasteiger partial charge in [-0.15, -0.1) is 10.2 Å². The fourth-order valence-corrected chi connectivity index (χ4v) is 3.94. The van der Waals surface area contributed by atoms with Crippen LogP contribution in [0.1, 0.15) is 16.2 Å². The van der Waals surface area contributed by atoms with Crippen LogP contribution in [0.3, 0.4) is 0 Å². The molecule has 0 saturated carbocycles. The minimum absolute atomic E-state index is 0.100. The van der Waals surface area contributed by atoms with E-state index < -0.39 is 5.91 Å². The predicted octanol–water partition coefficient (Wildman–Crippen LogP) is 4.33. The monoisotopic (exact) mass is 493 g/mol. The molecule has 3 aromatic carbocycles. The van der Waals surface area contributed by atoms with E-state index in [1.807, 2.05) is 47.0 Å². The van der Waals surface area contributed by atoms with Crippen molar-refractivity contribution < 1.29 is 14.3 Å². The summed E-state index contributed by atoms with van der Waals surface area (Å²) in [7, 11) is 0. The molecule has 34 heavy (non-hydrogen) atoms. The summed E-state index contributed by atoms with van der Waals surface area (Å²) >= 11 is 7.29. The Bertz CT molecular complexity index is 1280. The molecule has 0 aliphatic carbocycles. The van der Waals surface area contributed by atoms with E-state index in [1.54, 1.807) is 36.4 Å². The molecule has 172 valence electrons. The minimum atomic E-state index is -0.526. The molecule has 0 unspecified atom stereocenters. The predicted molar refractivity (Wildman–Crippen MR) is 131 cm³/mol. The lowest BCUT2D eigenvalue weighted by Crippen LogP contribution is -2.15. The number of rotatable bonds is 9. The van der Waals surface area contributed by atoms with E-state index >= 15 is 0 Å². The van der Waals surface area contributed by atoms with Gasteiger partial charge in [-0.3, -0.25) is 14.2 Å². The average Bonchev–Trinajstić information content (AvgIpc) is 3.25. The number of amides is 2. The third-order valence-corrected chi connectivity index (χ3v) is 5.86. The molecule has 4 aromatic rings. The van der Waals surface area contributed by atoms with E-state index in [9.17, 15) is 9.59 Å². The summed E-state index contributed by atoms with van der Waals surface area (Å²) in [6.07, 6.45) is 0. The Kier molecular flexibility index (Phi) is 7.46. The van der Waals surface area contributed by atoms with Gasteiger partial charge >= 0.3 is 0 Å². The van der Waals surface area contributed by atoms with Gasteiger partial charge in [0.25, 0.3) is 0 Å². The third kappa shape index (κ3) is 5.94. The van der Waals surface area contributed by atoms with E-state index in [0.717, 1.165) is 5.69 Å². The van der Waals surface area contributed by atoms with Crippen molar-refractivity contribution in [3.8, 4) is 11.4 Å². The van der Waals surface area contributed by atoms with E-state index in [0.29, 0.717) is 33.0 Å². The maximum absolute atomic E-state index is 12.5. The molecule has 10 heteroatoms. The summed E-state index contributed by atoms with van der Waals surface area (Å²) in [6.45, 7) is 0.193. The number of anilines is 1. The number of hydrogen-bond acceptors (Lipinski definition) is 6. The Morgan fingerprint density at radius 3 is 2.35 bits per heavy atom. The van der Waals surface area contributed by atoms with Crippen LogP contribution in [0.5, 0.6) is 5.75 Å². The number of aromatic nitrogens is 3. The van der Waals surface area contributed by atoms with E-state index in [1.165, 1.54) is 11.8 Å². The van der Waals surface area contributed by atoms with Gasteiger partial charge in [-0.2, -0.15) is 0 Å². The number of nitrogens with two attached hydrogens (primary N) is 1. The Morgan fingerprint density at radius 2 is 1.68 bits per heavy atom. The number of nitrogens with one attached hydrogen (secondary N) is 1. The minimum Gasteiger partial charge on any atom is -0.486 e. The number of thioether (sulfide) groups is 1. The van der Waals surface area contributed by atoms with E-state index in [2.05, 4.69) is 15.5 Å². The maximum Gasteiger partial charge on any atom is 0.248 e. The molecule has 4 rings (SSSR count). The van der Waals surface area contributed by atoms with Gasteiger partial charge in [0.1, 0.15) is 12.4 Å². The highest BCUT2D eigenvalue weighted by molar-refractivity contribution is 7.99. The van der Waals surface area contributed by atoms with Crippen molar-refractivity contribution >= 4 is 40.9 Å². The van der Waals surface area contributed by atoms with Gasteiger partial charge in [0, 0.05) is 22.0 Å². The van der Waals surface area contributed by atoms with Crippen molar-refractivity contribution in [1.29, 1.82) is 0 Å². The highest BCUT2D eigenvalue weighted by Gasteiger charge is 2.17. The van der Waals surface area contributed by atoms with Gasteiger partial charge in [0.15, 0.2) is 11.0 Å². The first-order valence-electron chi connectivity index (χ1n) is 10.2. The van der Waals surface area contributed by atoms with Gasteiger partial charge in [-0.25, -0.2) is 0 Å². The lowest BCUT2D eigenvalue weighted by molar-refractivity contribution is -0.113. The average molecular weight is 494 g/mol. The molecule has 0 radical (unpaired) electrons. The summed E-state index contributed by atoms with van der Waals surface area (Å²) in [5.41, 5.74) is 6.97. The van der Waals surface area contributed by atoms with Crippen molar-refractivity contribution in [2.24, 2.45) is 5.73 Å². The maximum atomic E-state index is 12.5. The SMILES string of the molecule is NC(=O)c1ccc(NC(=O)CSc2nnc(COc3ccccc3)n2-c2ccc(Cl)cc2)cc1. The summed E-state index contributed by atoms with van der Waals surface area (Å²) in [4.78, 5) is 23.7. The number of carbonyl (C=O) groups is 2. The zero-order valence-electron chi connectivity index (χ0n) is 17.8. The number of halogens is 1. The second-order valence-corrected chi connectivity index (χ2v) is 8.47. The highest BCUT2D eigenvalue weighted by atomic mass is 35.5. The molecule has 0 bridgehead atoms. The van der Waals surface area contributed by atoms with Crippen LogP contribution in [-0.4, -0.2) is 32.3 Å². The smallest absolute Gasteiger partial charge is 0.248 e. The molecule has 1 heterocycles. The van der Waals surface area contributed by atoms with Crippen LogP contribution in [0, 0.1) is 0 Å². The van der Waals surface area contributed by atoms with Gasteiger partial charge in [0.2, 0.25) is 11.8 Å². The number of para-hydroxylation sites is 1. The normalized spacial score (nSPS) is 10.6. The van der Waals surface area contributed by atoms with Crippen molar-refractivity contribution in [3.63, 3.8) is 0 Å². The molecule has 0 saturated heterocycles. The Morgan fingerprint density at radius 1 is 0.971 bits per heavy atom. The molecule has 0 fully saturated rings. The number of nitrogens with zero attached hydrogens (tertiary/aromatic N) is 3. The van der Waals surface area contributed by atoms with Gasteiger partial charge in [-0.1, -0.05) is 41.6 Å². The molecule has 2 amide bonds. The standard InChI is InChI=1S/C24H20ClN5O3S/c25-17-8-12-19(13-9-17)30-21(14-33-20-4-2-1-3-5-20)28-29-24(30)34-15-22(31)27-18-10-6-16(7-11-18)23(26)32/h1-13H,14-15H2,(H2,26,32)(H,27,31). The Balaban J connectivity index is 1.47. The molecule has 0 aliphatic heterocycles. The summed E-state index contributed by atoms with van der Waals surface area (Å²) in [5.74, 6) is 0.634. The first-order chi connectivity index (χ1) is 16.5. The van der Waals surface area contributed by atoms with Crippen LogP contribution in [0.25, 0.3) is 5.69 Å². The van der Waals surface area contributed by atoms with Crippen molar-refractivity contribution in [2.75, 3.05) is 11.1 Å². The molecule has 0 aliphatic rings.